The van der Waals surface area contributed by atoms with Gasteiger partial charge in [0.2, 0.25) is 0 Å². The highest BCUT2D eigenvalue weighted by atomic mass is 16.5. The molecule has 0 aromatic carbocycles. The van der Waals surface area contributed by atoms with Crippen molar-refractivity contribution < 1.29 is 4.74 Å². The Kier molecular flexibility index (Phi) is 5.38. The number of rotatable bonds is 6. The molecule has 0 radical (unpaired) electrons. The molecule has 1 aliphatic rings. The standard InChI is InChI=1S/C16H27N3O/c1-3-20-16(8-5-4-6-9-16)15(18-2)11-13-12-19-10-7-14(13)17/h7,10,12,15,18H,3-6,8-9,11H2,1-2H3,(H2,17,19). The highest BCUT2D eigenvalue weighted by Crippen LogP contribution is 2.36. The summed E-state index contributed by atoms with van der Waals surface area (Å²) in [4.78, 5) is 4.20. The lowest BCUT2D eigenvalue weighted by Gasteiger charge is -2.43. The van der Waals surface area contributed by atoms with Gasteiger partial charge in [0.1, 0.15) is 0 Å². The molecule has 4 nitrogen and oxygen atoms in total. The zero-order valence-corrected chi connectivity index (χ0v) is 12.7. The topological polar surface area (TPSA) is 60.2 Å². The Bertz CT molecular complexity index is 410. The zero-order chi connectivity index (χ0) is 14.4. The zero-order valence-electron chi connectivity index (χ0n) is 12.7. The lowest BCUT2D eigenvalue weighted by atomic mass is 9.77. The summed E-state index contributed by atoms with van der Waals surface area (Å²) < 4.78 is 6.21. The van der Waals surface area contributed by atoms with Crippen molar-refractivity contribution in [3.05, 3.63) is 24.0 Å². The van der Waals surface area contributed by atoms with Gasteiger partial charge in [0.15, 0.2) is 0 Å². The highest BCUT2D eigenvalue weighted by molar-refractivity contribution is 5.44. The molecule has 2 rings (SSSR count). The number of likely N-dealkylation sites (N-methyl/N-ethyl adjacent to an activating group) is 1. The second-order valence-corrected chi connectivity index (χ2v) is 5.68. The van der Waals surface area contributed by atoms with Crippen LogP contribution in [0, 0.1) is 0 Å². The monoisotopic (exact) mass is 277 g/mol. The molecule has 4 heteroatoms. The van der Waals surface area contributed by atoms with Gasteiger partial charge < -0.3 is 15.8 Å². The molecule has 1 aromatic rings. The average molecular weight is 277 g/mol. The van der Waals surface area contributed by atoms with Crippen LogP contribution in [0.2, 0.25) is 0 Å². The van der Waals surface area contributed by atoms with Gasteiger partial charge in [-0.1, -0.05) is 19.3 Å². The number of pyridine rings is 1. The summed E-state index contributed by atoms with van der Waals surface area (Å²) in [6.07, 6.45) is 10.6. The molecule has 0 spiro atoms. The first-order valence-corrected chi connectivity index (χ1v) is 7.71. The molecule has 1 atom stereocenters. The Labute approximate surface area is 122 Å². The molecular weight excluding hydrogens is 250 g/mol. The maximum absolute atomic E-state index is 6.21. The van der Waals surface area contributed by atoms with Crippen LogP contribution in [0.3, 0.4) is 0 Å². The van der Waals surface area contributed by atoms with Crippen LogP contribution in [0.4, 0.5) is 5.69 Å². The molecule has 1 aliphatic carbocycles. The Morgan fingerprint density at radius 3 is 2.75 bits per heavy atom. The summed E-state index contributed by atoms with van der Waals surface area (Å²) in [5.74, 6) is 0. The van der Waals surface area contributed by atoms with Gasteiger partial charge >= 0.3 is 0 Å². The normalized spacial score (nSPS) is 19.7. The van der Waals surface area contributed by atoms with Crippen LogP contribution in [-0.2, 0) is 11.2 Å². The number of nitrogens with two attached hydrogens (primary N) is 1. The van der Waals surface area contributed by atoms with E-state index < -0.39 is 0 Å². The van der Waals surface area contributed by atoms with Gasteiger partial charge in [-0.2, -0.15) is 0 Å². The van der Waals surface area contributed by atoms with Gasteiger partial charge in [0.05, 0.1) is 5.60 Å². The van der Waals surface area contributed by atoms with Gasteiger partial charge in [0.25, 0.3) is 0 Å². The Balaban J connectivity index is 2.18. The summed E-state index contributed by atoms with van der Waals surface area (Å²) in [6.45, 7) is 2.85. The average Bonchev–Trinajstić information content (AvgIpc) is 2.47. The maximum atomic E-state index is 6.21. The SMILES string of the molecule is CCOC1(C(Cc2cnccc2N)NC)CCCCC1. The van der Waals surface area contributed by atoms with E-state index in [1.807, 2.05) is 19.3 Å². The summed E-state index contributed by atoms with van der Waals surface area (Å²) >= 11 is 0. The van der Waals surface area contributed by atoms with E-state index in [1.54, 1.807) is 6.20 Å². The number of nitrogen functional groups attached to an aromatic ring is 1. The lowest BCUT2D eigenvalue weighted by Crippen LogP contribution is -2.54. The Morgan fingerprint density at radius 1 is 1.40 bits per heavy atom. The number of aromatic nitrogens is 1. The van der Waals surface area contributed by atoms with Crippen molar-refractivity contribution in [2.75, 3.05) is 19.4 Å². The number of nitrogens with zero attached hydrogens (tertiary/aromatic N) is 1. The first-order chi connectivity index (χ1) is 9.72. The van der Waals surface area contributed by atoms with Crippen molar-refractivity contribution >= 4 is 5.69 Å². The van der Waals surface area contributed by atoms with E-state index in [0.29, 0.717) is 0 Å². The molecule has 0 bridgehead atoms. The molecule has 3 N–H and O–H groups in total. The summed E-state index contributed by atoms with van der Waals surface area (Å²) in [5, 5.41) is 3.46. The second kappa shape index (κ2) is 7.04. The maximum Gasteiger partial charge on any atom is 0.0837 e. The number of nitrogens with one attached hydrogen (secondary N) is 1. The smallest absolute Gasteiger partial charge is 0.0837 e. The van der Waals surface area contributed by atoms with Crippen LogP contribution in [0.5, 0.6) is 0 Å². The lowest BCUT2D eigenvalue weighted by molar-refractivity contribution is -0.0883. The fourth-order valence-electron chi connectivity index (χ4n) is 3.41. The van der Waals surface area contributed by atoms with E-state index >= 15 is 0 Å². The second-order valence-electron chi connectivity index (χ2n) is 5.68. The van der Waals surface area contributed by atoms with E-state index in [4.69, 9.17) is 10.5 Å². The quantitative estimate of drug-likeness (QED) is 0.839. The number of ether oxygens (including phenoxy) is 1. The molecule has 112 valence electrons. The molecule has 20 heavy (non-hydrogen) atoms. The first-order valence-electron chi connectivity index (χ1n) is 7.71. The third kappa shape index (κ3) is 3.30. The van der Waals surface area contributed by atoms with Crippen LogP contribution in [-0.4, -0.2) is 30.3 Å². The van der Waals surface area contributed by atoms with Gasteiger partial charge in [-0.05, 0) is 44.9 Å². The molecular formula is C16H27N3O. The number of hydrogen-bond donors (Lipinski definition) is 2. The number of hydrogen-bond acceptors (Lipinski definition) is 4. The van der Waals surface area contributed by atoms with Crippen LogP contribution < -0.4 is 11.1 Å². The summed E-state index contributed by atoms with van der Waals surface area (Å²) in [7, 11) is 2.02. The minimum Gasteiger partial charge on any atom is -0.398 e. The molecule has 0 saturated heterocycles. The summed E-state index contributed by atoms with van der Waals surface area (Å²) in [5.41, 5.74) is 7.94. The minimum absolute atomic E-state index is 0.0516. The Morgan fingerprint density at radius 2 is 2.15 bits per heavy atom. The van der Waals surface area contributed by atoms with Crippen molar-refractivity contribution in [3.8, 4) is 0 Å². The van der Waals surface area contributed by atoms with E-state index in [1.165, 1.54) is 19.3 Å². The fourth-order valence-corrected chi connectivity index (χ4v) is 3.41. The van der Waals surface area contributed by atoms with E-state index in [-0.39, 0.29) is 11.6 Å². The summed E-state index contributed by atoms with van der Waals surface area (Å²) in [6, 6.07) is 2.16. The van der Waals surface area contributed by atoms with E-state index in [9.17, 15) is 0 Å². The van der Waals surface area contributed by atoms with Crippen LogP contribution in [0.25, 0.3) is 0 Å². The predicted molar refractivity (Wildman–Crippen MR) is 82.6 cm³/mol. The van der Waals surface area contributed by atoms with Crippen LogP contribution >= 0.6 is 0 Å². The van der Waals surface area contributed by atoms with E-state index in [0.717, 1.165) is 37.1 Å². The van der Waals surface area contributed by atoms with Gasteiger partial charge in [-0.25, -0.2) is 0 Å². The van der Waals surface area contributed by atoms with Crippen molar-refractivity contribution in [2.45, 2.75) is 57.1 Å². The molecule has 0 aliphatic heterocycles. The van der Waals surface area contributed by atoms with Crippen molar-refractivity contribution in [1.82, 2.24) is 10.3 Å². The van der Waals surface area contributed by atoms with Gasteiger partial charge in [-0.15, -0.1) is 0 Å². The largest absolute Gasteiger partial charge is 0.398 e. The minimum atomic E-state index is -0.0516. The Hall–Kier alpha value is -1.13. The van der Waals surface area contributed by atoms with Crippen molar-refractivity contribution in [3.63, 3.8) is 0 Å². The first kappa shape index (κ1) is 15.3. The van der Waals surface area contributed by atoms with Crippen LogP contribution in [0.1, 0.15) is 44.6 Å². The third-order valence-electron chi connectivity index (χ3n) is 4.48. The van der Waals surface area contributed by atoms with Gasteiger partial charge in [-0.3, -0.25) is 4.98 Å². The van der Waals surface area contributed by atoms with Crippen molar-refractivity contribution in [1.29, 1.82) is 0 Å². The van der Waals surface area contributed by atoms with Gasteiger partial charge in [0, 0.05) is 30.7 Å². The molecule has 1 saturated carbocycles. The fraction of sp³-hybridized carbons (Fsp3) is 0.688. The predicted octanol–water partition coefficient (Wildman–Crippen LogP) is 2.53. The molecule has 1 unspecified atom stereocenters. The van der Waals surface area contributed by atoms with Crippen molar-refractivity contribution in [2.24, 2.45) is 0 Å². The molecule has 0 amide bonds. The number of anilines is 1. The van der Waals surface area contributed by atoms with Crippen LogP contribution in [0.15, 0.2) is 18.5 Å². The molecule has 1 fully saturated rings. The molecule has 1 aromatic heterocycles. The highest BCUT2D eigenvalue weighted by Gasteiger charge is 2.40. The van der Waals surface area contributed by atoms with E-state index in [2.05, 4.69) is 17.2 Å². The molecule has 1 heterocycles. The third-order valence-corrected chi connectivity index (χ3v) is 4.48.